The van der Waals surface area contributed by atoms with E-state index in [2.05, 4.69) is 4.98 Å². The summed E-state index contributed by atoms with van der Waals surface area (Å²) in [6.45, 7) is -1.15. The van der Waals surface area contributed by atoms with Gasteiger partial charge in [-0.05, 0) is 23.8 Å². The summed E-state index contributed by atoms with van der Waals surface area (Å²) in [6.07, 6.45) is -4.85. The molecule has 10 nitrogen and oxygen atoms in total. The van der Waals surface area contributed by atoms with E-state index >= 15 is 0 Å². The molecule has 1 aromatic heterocycles. The van der Waals surface area contributed by atoms with E-state index in [1.165, 1.54) is 28.8 Å². The van der Waals surface area contributed by atoms with Gasteiger partial charge in [0.25, 0.3) is 5.56 Å². The zero-order chi connectivity index (χ0) is 19.0. The quantitative estimate of drug-likeness (QED) is 0.306. The lowest BCUT2D eigenvalue weighted by Gasteiger charge is -2.25. The molecule has 26 heavy (non-hydrogen) atoms. The van der Waals surface area contributed by atoms with Crippen LogP contribution in [0.5, 0.6) is 6.01 Å². The van der Waals surface area contributed by atoms with Crippen LogP contribution >= 0.6 is 0 Å². The number of fused-ring (bicyclic) bond motifs is 2. The molecule has 5 N–H and O–H groups in total. The molecule has 0 unspecified atom stereocenters. The highest BCUT2D eigenvalue weighted by Crippen LogP contribution is 2.26. The molecule has 0 saturated carbocycles. The Balaban J connectivity index is 2.25. The number of aliphatic hydroxyl groups is 4. The highest BCUT2D eigenvalue weighted by molar-refractivity contribution is 5.83. The summed E-state index contributed by atoms with van der Waals surface area (Å²) in [5, 5.41) is 50.1. The maximum absolute atomic E-state index is 12.1. The molecule has 10 heteroatoms. The Labute approximate surface area is 145 Å². The van der Waals surface area contributed by atoms with Crippen molar-refractivity contribution in [3.63, 3.8) is 0 Å². The second kappa shape index (κ2) is 6.84. The second-order valence-corrected chi connectivity index (χ2v) is 5.89. The van der Waals surface area contributed by atoms with E-state index in [0.717, 1.165) is 0 Å². The van der Waals surface area contributed by atoms with Crippen LogP contribution in [0.25, 0.3) is 22.3 Å². The van der Waals surface area contributed by atoms with Gasteiger partial charge in [-0.1, -0.05) is 0 Å². The van der Waals surface area contributed by atoms with Crippen molar-refractivity contribution in [1.82, 2.24) is 14.5 Å². The Hall–Kier alpha value is -2.79. The topological polar surface area (TPSA) is 172 Å². The third-order valence-corrected chi connectivity index (χ3v) is 4.11. The lowest BCUT2D eigenvalue weighted by atomic mass is 10.0. The first-order chi connectivity index (χ1) is 12.3. The summed E-state index contributed by atoms with van der Waals surface area (Å²) in [7, 11) is 0. The van der Waals surface area contributed by atoms with E-state index in [0.29, 0.717) is 5.56 Å². The Morgan fingerprint density at radius 1 is 1.15 bits per heavy atom. The summed E-state index contributed by atoms with van der Waals surface area (Å²) >= 11 is 0. The number of nitrogens with zero attached hydrogens (tertiary/aromatic N) is 2. The molecule has 138 valence electrons. The third kappa shape index (κ3) is 3.18. The second-order valence-electron chi connectivity index (χ2n) is 5.89. The molecule has 0 saturated heterocycles. The molecule has 0 bridgehead atoms. The van der Waals surface area contributed by atoms with E-state index in [1.807, 2.05) is 4.98 Å². The van der Waals surface area contributed by atoms with Crippen molar-refractivity contribution in [2.24, 2.45) is 0 Å². The zero-order valence-corrected chi connectivity index (χ0v) is 13.4. The highest BCUT2D eigenvalue weighted by atomic mass is 16.4. The predicted molar refractivity (Wildman–Crippen MR) is 87.8 cm³/mol. The van der Waals surface area contributed by atoms with Gasteiger partial charge in [-0.2, -0.15) is 0 Å². The first kappa shape index (κ1) is 18.0. The van der Waals surface area contributed by atoms with Gasteiger partial charge in [0.15, 0.2) is 5.43 Å². The number of benzene rings is 1. The van der Waals surface area contributed by atoms with Crippen molar-refractivity contribution in [2.45, 2.75) is 24.9 Å². The molecule has 2 heterocycles. The molecule has 1 aromatic rings. The number of hydrogen-bond acceptors (Lipinski definition) is 8. The van der Waals surface area contributed by atoms with E-state index in [1.54, 1.807) is 0 Å². The van der Waals surface area contributed by atoms with Crippen molar-refractivity contribution in [3.8, 4) is 17.3 Å². The number of rotatable bonds is 5. The predicted octanol–water partition coefficient (Wildman–Crippen LogP) is -2.66. The fourth-order valence-corrected chi connectivity index (χ4v) is 2.78. The first-order valence-electron chi connectivity index (χ1n) is 7.71. The standard InChI is InChI=1S/C16H17N3O7/c20-6-12(23)13(24)11(22)5-19-10-4-8(21)2-1-7(10)3-9-14(19)17-16(26)18-15(9)25/h1-4,11-13,20,22-24H,5-6H2,(H2,17,18,25,26)/p-1/t11-,12+,13-/m0/s1. The Morgan fingerprint density at radius 2 is 1.88 bits per heavy atom. The molecule has 0 fully saturated rings. The minimum atomic E-state index is -1.69. The normalized spacial score (nSPS) is 15.2. The van der Waals surface area contributed by atoms with Gasteiger partial charge in [-0.15, -0.1) is 0 Å². The van der Waals surface area contributed by atoms with Gasteiger partial charge < -0.3 is 35.1 Å². The monoisotopic (exact) mass is 362 g/mol. The number of hydrogen-bond donors (Lipinski definition) is 5. The molecule has 3 atom stereocenters. The van der Waals surface area contributed by atoms with Crippen LogP contribution in [-0.4, -0.2) is 59.9 Å². The molecule has 0 amide bonds. The first-order valence-corrected chi connectivity index (χ1v) is 7.71. The maximum atomic E-state index is 12.1. The molecule has 3 rings (SSSR count). The van der Waals surface area contributed by atoms with Crippen LogP contribution < -0.4 is 16.1 Å². The van der Waals surface area contributed by atoms with E-state index in [4.69, 9.17) is 5.11 Å². The minimum absolute atomic E-state index is 0.0557. The van der Waals surface area contributed by atoms with E-state index < -0.39 is 36.5 Å². The van der Waals surface area contributed by atoms with Crippen LogP contribution in [0.2, 0.25) is 0 Å². The number of aromatic amines is 1. The molecular formula is C16H16N3O7-. The SMILES string of the molecule is O=c1ccc2cc3c(=O)[nH]c([O-])nc3n(C[C@H](O)[C@H](O)[C@H](O)CO)c-2c1. The van der Waals surface area contributed by atoms with Crippen molar-refractivity contribution in [2.75, 3.05) is 6.61 Å². The van der Waals surface area contributed by atoms with Gasteiger partial charge in [0.05, 0.1) is 30.2 Å². The Bertz CT molecular complexity index is 1030. The summed E-state index contributed by atoms with van der Waals surface area (Å²) < 4.78 is 1.25. The van der Waals surface area contributed by atoms with Crippen LogP contribution in [0.15, 0.2) is 33.9 Å². The molecule has 1 aliphatic heterocycles. The van der Waals surface area contributed by atoms with Crippen molar-refractivity contribution >= 4 is 11.0 Å². The lowest BCUT2D eigenvalue weighted by molar-refractivity contribution is -0.281. The van der Waals surface area contributed by atoms with Gasteiger partial charge >= 0.3 is 0 Å². The van der Waals surface area contributed by atoms with Gasteiger partial charge in [-0.25, -0.2) is 4.98 Å². The van der Waals surface area contributed by atoms with E-state index in [-0.39, 0.29) is 28.7 Å². The summed E-state index contributed by atoms with van der Waals surface area (Å²) in [5.41, 5.74) is -0.350. The molecule has 0 spiro atoms. The Morgan fingerprint density at radius 3 is 2.58 bits per heavy atom. The molecule has 0 radical (unpaired) electrons. The van der Waals surface area contributed by atoms with Crippen molar-refractivity contribution in [1.29, 1.82) is 0 Å². The van der Waals surface area contributed by atoms with Crippen LogP contribution in [0.3, 0.4) is 0 Å². The molecule has 0 aromatic carbocycles. The van der Waals surface area contributed by atoms with Crippen LogP contribution in [0.4, 0.5) is 0 Å². The van der Waals surface area contributed by atoms with Crippen molar-refractivity contribution < 1.29 is 25.5 Å². The number of nitrogens with one attached hydrogen (secondary N) is 1. The molecule has 2 aliphatic rings. The summed E-state index contributed by atoms with van der Waals surface area (Å²) in [4.78, 5) is 29.6. The van der Waals surface area contributed by atoms with Gasteiger partial charge in [0.1, 0.15) is 24.0 Å². The fourth-order valence-electron chi connectivity index (χ4n) is 2.78. The summed E-state index contributed by atoms with van der Waals surface area (Å²) in [6, 6.07) is 4.56. The van der Waals surface area contributed by atoms with Crippen LogP contribution in [0.1, 0.15) is 0 Å². The van der Waals surface area contributed by atoms with Crippen molar-refractivity contribution in [3.05, 3.63) is 44.8 Å². The molecular weight excluding hydrogens is 346 g/mol. The van der Waals surface area contributed by atoms with Gasteiger partial charge in [-0.3, -0.25) is 9.59 Å². The number of aliphatic hydroxyl groups excluding tert-OH is 4. The van der Waals surface area contributed by atoms with Gasteiger partial charge in [0.2, 0.25) is 0 Å². The fraction of sp³-hybridized carbons (Fsp3) is 0.312. The van der Waals surface area contributed by atoms with Gasteiger partial charge in [0, 0.05) is 6.07 Å². The summed E-state index contributed by atoms with van der Waals surface area (Å²) in [5.74, 6) is 0. The zero-order valence-electron chi connectivity index (χ0n) is 13.4. The average molecular weight is 362 g/mol. The smallest absolute Gasteiger partial charge is 0.259 e. The van der Waals surface area contributed by atoms with E-state index in [9.17, 15) is 30.0 Å². The maximum Gasteiger partial charge on any atom is 0.259 e. The Kier molecular flexibility index (Phi) is 4.74. The van der Waals surface area contributed by atoms with Crippen LogP contribution in [-0.2, 0) is 6.54 Å². The minimum Gasteiger partial charge on any atom is -0.846 e. The lowest BCUT2D eigenvalue weighted by Crippen LogP contribution is -2.42. The van der Waals surface area contributed by atoms with Crippen LogP contribution in [0, 0.1) is 0 Å². The number of aromatic nitrogens is 3. The average Bonchev–Trinajstić information content (AvgIpc) is 2.61. The third-order valence-electron chi connectivity index (χ3n) is 4.11. The molecule has 1 aliphatic carbocycles. The number of H-pyrrole nitrogens is 1. The number of pyridine rings is 1. The largest absolute Gasteiger partial charge is 0.846 e. The highest BCUT2D eigenvalue weighted by Gasteiger charge is 2.26.